The van der Waals surface area contributed by atoms with E-state index in [9.17, 15) is 13.2 Å². The van der Waals surface area contributed by atoms with E-state index in [4.69, 9.17) is 11.6 Å². The van der Waals surface area contributed by atoms with E-state index >= 15 is 0 Å². The minimum Gasteiger partial charge on any atom is -0.314 e. The molecule has 0 spiro atoms. The molecule has 138 valence electrons. The van der Waals surface area contributed by atoms with Crippen molar-refractivity contribution in [1.29, 1.82) is 0 Å². The molecule has 2 nitrogen and oxygen atoms in total. The number of halogens is 6. The SMILES string of the molecule is C=C(C)C[C@H](c1cc(Cl)cc(C(F)(F)F)c1)N1CCNCC1.Cl.Cl. The lowest BCUT2D eigenvalue weighted by Crippen LogP contribution is -2.45. The second kappa shape index (κ2) is 9.88. The maximum absolute atomic E-state index is 13.0. The molecule has 1 aliphatic rings. The van der Waals surface area contributed by atoms with E-state index in [0.717, 1.165) is 37.8 Å². The number of nitrogens with one attached hydrogen (secondary N) is 1. The zero-order valence-corrected chi connectivity index (χ0v) is 15.7. The summed E-state index contributed by atoms with van der Waals surface area (Å²) in [6, 6.07) is 3.69. The Bertz CT molecular complexity index is 544. The van der Waals surface area contributed by atoms with Gasteiger partial charge in [-0.15, -0.1) is 31.4 Å². The van der Waals surface area contributed by atoms with Crippen molar-refractivity contribution in [2.45, 2.75) is 25.6 Å². The topological polar surface area (TPSA) is 15.3 Å². The summed E-state index contributed by atoms with van der Waals surface area (Å²) in [7, 11) is 0. The molecule has 0 radical (unpaired) electrons. The molecule has 2 rings (SSSR count). The lowest BCUT2D eigenvalue weighted by Gasteiger charge is -2.35. The van der Waals surface area contributed by atoms with E-state index in [1.54, 1.807) is 6.07 Å². The van der Waals surface area contributed by atoms with Crippen LogP contribution >= 0.6 is 36.4 Å². The minimum atomic E-state index is -4.39. The number of benzene rings is 1. The van der Waals surface area contributed by atoms with Crippen LogP contribution in [-0.4, -0.2) is 31.1 Å². The van der Waals surface area contributed by atoms with Gasteiger partial charge in [-0.1, -0.05) is 17.2 Å². The third kappa shape index (κ3) is 6.45. The summed E-state index contributed by atoms with van der Waals surface area (Å²) < 4.78 is 39.0. The quantitative estimate of drug-likeness (QED) is 0.700. The van der Waals surface area contributed by atoms with Gasteiger partial charge in [0.1, 0.15) is 0 Å². The molecule has 1 aromatic carbocycles. The van der Waals surface area contributed by atoms with Crippen LogP contribution < -0.4 is 5.32 Å². The first-order chi connectivity index (χ1) is 10.3. The van der Waals surface area contributed by atoms with Crippen LogP contribution in [0.5, 0.6) is 0 Å². The lowest BCUT2D eigenvalue weighted by molar-refractivity contribution is -0.137. The molecule has 1 aliphatic heterocycles. The Labute approximate surface area is 158 Å². The zero-order chi connectivity index (χ0) is 16.3. The van der Waals surface area contributed by atoms with Crippen LogP contribution in [0.25, 0.3) is 0 Å². The summed E-state index contributed by atoms with van der Waals surface area (Å²) >= 11 is 5.92. The van der Waals surface area contributed by atoms with Crippen molar-refractivity contribution >= 4 is 36.4 Å². The standard InChI is InChI=1S/C16H20ClF3N2.2ClH/c1-11(2)7-15(22-5-3-21-4-6-22)12-8-13(16(18,19)20)10-14(17)9-12;;/h8-10,15,21H,1,3-7H2,2H3;2*1H/t15-;;/m1../s1. The maximum atomic E-state index is 13.0. The number of alkyl halides is 3. The molecular weight excluding hydrogens is 384 g/mol. The average Bonchev–Trinajstić information content (AvgIpc) is 2.44. The molecule has 1 saturated heterocycles. The van der Waals surface area contributed by atoms with Gasteiger partial charge in [0.2, 0.25) is 0 Å². The highest BCUT2D eigenvalue weighted by atomic mass is 35.5. The highest BCUT2D eigenvalue weighted by Gasteiger charge is 2.32. The summed E-state index contributed by atoms with van der Waals surface area (Å²) in [6.45, 7) is 9.06. The Morgan fingerprint density at radius 2 is 1.83 bits per heavy atom. The highest BCUT2D eigenvalue weighted by Crippen LogP contribution is 2.36. The fourth-order valence-electron chi connectivity index (χ4n) is 2.75. The normalized spacial score (nSPS) is 16.7. The third-order valence-corrected chi connectivity index (χ3v) is 3.98. The molecule has 0 amide bonds. The van der Waals surface area contributed by atoms with Crippen LogP contribution in [0.1, 0.15) is 30.5 Å². The largest absolute Gasteiger partial charge is 0.416 e. The van der Waals surface area contributed by atoms with Crippen LogP contribution in [0.2, 0.25) is 5.02 Å². The van der Waals surface area contributed by atoms with Gasteiger partial charge in [-0.25, -0.2) is 0 Å². The molecule has 0 aliphatic carbocycles. The van der Waals surface area contributed by atoms with Crippen molar-refractivity contribution in [3.05, 3.63) is 46.5 Å². The predicted molar refractivity (Wildman–Crippen MR) is 97.6 cm³/mol. The highest BCUT2D eigenvalue weighted by molar-refractivity contribution is 6.30. The van der Waals surface area contributed by atoms with Crippen LogP contribution in [0.4, 0.5) is 13.2 Å². The summed E-state index contributed by atoms with van der Waals surface area (Å²) in [5.74, 6) is 0. The molecule has 1 aromatic rings. The van der Waals surface area contributed by atoms with Crippen molar-refractivity contribution in [2.75, 3.05) is 26.2 Å². The predicted octanol–water partition coefficient (Wildman–Crippen LogP) is 5.11. The van der Waals surface area contributed by atoms with Crippen molar-refractivity contribution in [3.8, 4) is 0 Å². The van der Waals surface area contributed by atoms with Crippen molar-refractivity contribution in [1.82, 2.24) is 10.2 Å². The minimum absolute atomic E-state index is 0. The van der Waals surface area contributed by atoms with Gasteiger partial charge in [-0.3, -0.25) is 4.90 Å². The fraction of sp³-hybridized carbons (Fsp3) is 0.500. The zero-order valence-electron chi connectivity index (χ0n) is 13.3. The summed E-state index contributed by atoms with van der Waals surface area (Å²) in [5, 5.41) is 3.37. The third-order valence-electron chi connectivity index (χ3n) is 3.77. The van der Waals surface area contributed by atoms with E-state index in [0.29, 0.717) is 12.0 Å². The molecule has 1 N–H and O–H groups in total. The Kier molecular flexibility index (Phi) is 9.69. The van der Waals surface area contributed by atoms with E-state index in [-0.39, 0.29) is 35.9 Å². The Hall–Kier alpha value is -0.460. The van der Waals surface area contributed by atoms with Gasteiger partial charge < -0.3 is 5.32 Å². The van der Waals surface area contributed by atoms with Crippen LogP contribution in [0.15, 0.2) is 30.4 Å². The summed E-state index contributed by atoms with van der Waals surface area (Å²) in [4.78, 5) is 2.19. The van der Waals surface area contributed by atoms with Gasteiger partial charge in [-0.2, -0.15) is 13.2 Å². The number of nitrogens with zero attached hydrogens (tertiary/aromatic N) is 1. The van der Waals surface area contributed by atoms with Crippen molar-refractivity contribution in [3.63, 3.8) is 0 Å². The van der Waals surface area contributed by atoms with Gasteiger partial charge in [-0.05, 0) is 37.1 Å². The van der Waals surface area contributed by atoms with E-state index in [1.165, 1.54) is 6.07 Å². The summed E-state index contributed by atoms with van der Waals surface area (Å²) in [6.07, 6.45) is -3.77. The molecule has 0 saturated carbocycles. The number of hydrogen-bond donors (Lipinski definition) is 1. The van der Waals surface area contributed by atoms with Crippen LogP contribution in [0, 0.1) is 0 Å². The van der Waals surface area contributed by atoms with Gasteiger partial charge in [0.15, 0.2) is 0 Å². The Morgan fingerprint density at radius 1 is 1.25 bits per heavy atom. The number of hydrogen-bond acceptors (Lipinski definition) is 2. The summed E-state index contributed by atoms with van der Waals surface area (Å²) in [5.41, 5.74) is 0.846. The first kappa shape index (κ1) is 23.5. The monoisotopic (exact) mass is 404 g/mol. The van der Waals surface area contributed by atoms with E-state index in [1.807, 2.05) is 6.92 Å². The second-order valence-corrected chi connectivity index (χ2v) is 6.17. The molecule has 1 atom stereocenters. The van der Waals surface area contributed by atoms with Crippen molar-refractivity contribution < 1.29 is 13.2 Å². The molecular formula is C16H22Cl3F3N2. The second-order valence-electron chi connectivity index (χ2n) is 5.73. The molecule has 0 bridgehead atoms. The molecule has 0 unspecified atom stereocenters. The molecule has 1 heterocycles. The first-order valence-corrected chi connectivity index (χ1v) is 7.62. The van der Waals surface area contributed by atoms with E-state index < -0.39 is 11.7 Å². The maximum Gasteiger partial charge on any atom is 0.416 e. The lowest BCUT2D eigenvalue weighted by atomic mass is 9.96. The molecule has 1 fully saturated rings. The smallest absolute Gasteiger partial charge is 0.314 e. The van der Waals surface area contributed by atoms with E-state index in [2.05, 4.69) is 16.8 Å². The van der Waals surface area contributed by atoms with Crippen LogP contribution in [0.3, 0.4) is 0 Å². The Balaban J connectivity index is 0.00000264. The number of rotatable bonds is 4. The average molecular weight is 406 g/mol. The molecule has 24 heavy (non-hydrogen) atoms. The van der Waals surface area contributed by atoms with Gasteiger partial charge in [0.25, 0.3) is 0 Å². The van der Waals surface area contributed by atoms with Crippen molar-refractivity contribution in [2.24, 2.45) is 0 Å². The van der Waals surface area contributed by atoms with Gasteiger partial charge in [0.05, 0.1) is 5.56 Å². The Morgan fingerprint density at radius 3 is 2.33 bits per heavy atom. The van der Waals surface area contributed by atoms with Crippen LogP contribution in [-0.2, 0) is 6.18 Å². The fourth-order valence-corrected chi connectivity index (χ4v) is 2.99. The molecule has 8 heteroatoms. The molecule has 0 aromatic heterocycles. The first-order valence-electron chi connectivity index (χ1n) is 7.24. The van der Waals surface area contributed by atoms with Gasteiger partial charge >= 0.3 is 6.18 Å². The number of piperazine rings is 1. The van der Waals surface area contributed by atoms with Gasteiger partial charge in [0, 0.05) is 37.2 Å².